The maximum atomic E-state index is 13.1. The molecule has 0 radical (unpaired) electrons. The van der Waals surface area contributed by atoms with E-state index in [0.717, 1.165) is 40.8 Å². The van der Waals surface area contributed by atoms with E-state index in [4.69, 9.17) is 4.52 Å². The Balaban J connectivity index is 1.70. The van der Waals surface area contributed by atoms with Gasteiger partial charge in [0.1, 0.15) is 5.76 Å². The smallest absolute Gasteiger partial charge is 0.252 e. The Morgan fingerprint density at radius 1 is 1.23 bits per heavy atom. The van der Waals surface area contributed by atoms with E-state index in [1.54, 1.807) is 23.1 Å². The highest BCUT2D eigenvalue weighted by Crippen LogP contribution is 2.29. The second-order valence-corrected chi connectivity index (χ2v) is 8.89. The average molecular weight is 444 g/mol. The van der Waals surface area contributed by atoms with Gasteiger partial charge < -0.3 is 9.84 Å². The fourth-order valence-corrected chi connectivity index (χ4v) is 5.42. The summed E-state index contributed by atoms with van der Waals surface area (Å²) >= 11 is 3.33. The number of aromatic nitrogens is 1. The number of aryl methyl sites for hydroxylation is 2. The van der Waals surface area contributed by atoms with Crippen LogP contribution in [0.2, 0.25) is 0 Å². The molecule has 5 nitrogen and oxygen atoms in total. The average Bonchev–Trinajstić information content (AvgIpc) is 3.40. The summed E-state index contributed by atoms with van der Waals surface area (Å²) in [7, 11) is 0. The molecule has 1 unspecified atom stereocenters. The molecule has 3 aromatic rings. The summed E-state index contributed by atoms with van der Waals surface area (Å²) < 4.78 is 5.26. The van der Waals surface area contributed by atoms with E-state index < -0.39 is 0 Å². The van der Waals surface area contributed by atoms with Gasteiger partial charge in [0.2, 0.25) is 0 Å². The van der Waals surface area contributed by atoms with Crippen LogP contribution in [0.25, 0.3) is 0 Å². The first kappa shape index (κ1) is 22.6. The van der Waals surface area contributed by atoms with Crippen LogP contribution in [-0.4, -0.2) is 35.6 Å². The molecule has 3 rings (SSSR count). The highest BCUT2D eigenvalue weighted by molar-refractivity contribution is 7.98. The number of rotatable bonds is 10. The number of benzene rings is 1. The Labute approximate surface area is 186 Å². The van der Waals surface area contributed by atoms with Crippen molar-refractivity contribution < 1.29 is 9.32 Å². The van der Waals surface area contributed by atoms with Gasteiger partial charge in [-0.05, 0) is 61.5 Å². The van der Waals surface area contributed by atoms with Gasteiger partial charge in [-0.2, -0.15) is 11.3 Å². The summed E-state index contributed by atoms with van der Waals surface area (Å²) in [4.78, 5) is 16.4. The third-order valence-corrected chi connectivity index (χ3v) is 7.12. The quantitative estimate of drug-likeness (QED) is 0.422. The Morgan fingerprint density at radius 3 is 2.63 bits per heavy atom. The molecule has 0 fully saturated rings. The number of carbonyl (C=O) groups is 1. The van der Waals surface area contributed by atoms with Crippen LogP contribution in [0, 0.1) is 13.8 Å². The van der Waals surface area contributed by atoms with Crippen molar-refractivity contribution in [1.29, 1.82) is 0 Å². The fraction of sp³-hybridized carbons (Fsp3) is 0.391. The first-order chi connectivity index (χ1) is 14.5. The molecule has 0 aliphatic carbocycles. The molecule has 0 saturated heterocycles. The lowest BCUT2D eigenvalue weighted by molar-refractivity contribution is 0.0932. The van der Waals surface area contributed by atoms with Crippen LogP contribution in [-0.2, 0) is 5.75 Å². The fourth-order valence-electron chi connectivity index (χ4n) is 3.51. The monoisotopic (exact) mass is 443 g/mol. The van der Waals surface area contributed by atoms with E-state index in [-0.39, 0.29) is 11.9 Å². The van der Waals surface area contributed by atoms with Gasteiger partial charge in [-0.3, -0.25) is 9.69 Å². The molecular weight excluding hydrogens is 414 g/mol. The zero-order valence-electron chi connectivity index (χ0n) is 18.0. The number of amides is 1. The second-order valence-electron chi connectivity index (χ2n) is 7.09. The van der Waals surface area contributed by atoms with Crippen LogP contribution in [0.3, 0.4) is 0 Å². The number of carbonyl (C=O) groups excluding carboxylic acids is 1. The van der Waals surface area contributed by atoms with Crippen molar-refractivity contribution in [2.75, 3.05) is 19.6 Å². The summed E-state index contributed by atoms with van der Waals surface area (Å²) in [5.74, 6) is 1.52. The Hall–Kier alpha value is -2.09. The number of hydrogen-bond donors (Lipinski definition) is 1. The molecule has 7 heteroatoms. The van der Waals surface area contributed by atoms with Crippen molar-refractivity contribution in [1.82, 2.24) is 15.4 Å². The number of nitrogens with one attached hydrogen (secondary N) is 1. The SMILES string of the molecule is CCN(CC)C(CNC(=O)c1ccccc1SCc1c(C)noc1C)c1ccsc1. The van der Waals surface area contributed by atoms with Crippen LogP contribution in [0.15, 0.2) is 50.5 Å². The minimum atomic E-state index is -0.0377. The molecule has 1 N–H and O–H groups in total. The van der Waals surface area contributed by atoms with Crippen molar-refractivity contribution in [3.05, 3.63) is 69.2 Å². The van der Waals surface area contributed by atoms with E-state index in [2.05, 4.69) is 46.0 Å². The summed E-state index contributed by atoms with van der Waals surface area (Å²) in [5, 5.41) is 11.5. The molecule has 0 spiro atoms. The van der Waals surface area contributed by atoms with Gasteiger partial charge in [0.25, 0.3) is 5.91 Å². The third kappa shape index (κ3) is 5.33. The first-order valence-corrected chi connectivity index (χ1v) is 12.2. The number of nitrogens with zero attached hydrogens (tertiary/aromatic N) is 2. The summed E-state index contributed by atoms with van der Waals surface area (Å²) in [5.41, 5.74) is 3.96. The minimum Gasteiger partial charge on any atom is -0.361 e. The second kappa shape index (κ2) is 10.8. The molecule has 1 amide bonds. The first-order valence-electron chi connectivity index (χ1n) is 10.2. The van der Waals surface area contributed by atoms with Crippen LogP contribution in [0.4, 0.5) is 0 Å². The largest absolute Gasteiger partial charge is 0.361 e. The zero-order valence-corrected chi connectivity index (χ0v) is 19.6. The van der Waals surface area contributed by atoms with E-state index in [1.165, 1.54) is 5.56 Å². The predicted molar refractivity (Wildman–Crippen MR) is 124 cm³/mol. The normalized spacial score (nSPS) is 12.3. The molecule has 1 atom stereocenters. The lowest BCUT2D eigenvalue weighted by Crippen LogP contribution is -2.38. The van der Waals surface area contributed by atoms with Gasteiger partial charge >= 0.3 is 0 Å². The molecule has 160 valence electrons. The molecular formula is C23H29N3O2S2. The van der Waals surface area contributed by atoms with Gasteiger partial charge in [0.15, 0.2) is 0 Å². The summed E-state index contributed by atoms with van der Waals surface area (Å²) in [6, 6.07) is 10.1. The van der Waals surface area contributed by atoms with Gasteiger partial charge in [-0.25, -0.2) is 0 Å². The van der Waals surface area contributed by atoms with Gasteiger partial charge in [-0.15, -0.1) is 11.8 Å². The van der Waals surface area contributed by atoms with Crippen LogP contribution in [0.1, 0.15) is 52.8 Å². The van der Waals surface area contributed by atoms with Gasteiger partial charge in [-0.1, -0.05) is 31.1 Å². The molecule has 2 heterocycles. The third-order valence-electron chi connectivity index (χ3n) is 5.32. The van der Waals surface area contributed by atoms with E-state index in [9.17, 15) is 4.79 Å². The predicted octanol–water partition coefficient (Wildman–Crippen LogP) is 5.46. The standard InChI is InChI=1S/C23H29N3O2S2/c1-5-26(6-2)21(18-11-12-29-14-18)13-24-23(27)19-9-7-8-10-22(19)30-15-20-16(3)25-28-17(20)4/h7-12,14,21H,5-6,13,15H2,1-4H3,(H,24,27). The molecule has 0 aliphatic rings. The van der Waals surface area contributed by atoms with Crippen molar-refractivity contribution in [3.8, 4) is 0 Å². The Kier molecular flexibility index (Phi) is 8.13. The summed E-state index contributed by atoms with van der Waals surface area (Å²) in [6.07, 6.45) is 0. The van der Waals surface area contributed by atoms with Gasteiger partial charge in [0, 0.05) is 22.8 Å². The summed E-state index contributed by atoms with van der Waals surface area (Å²) in [6.45, 7) is 10.7. The van der Waals surface area contributed by atoms with E-state index in [1.807, 2.05) is 38.1 Å². The lowest BCUT2D eigenvalue weighted by Gasteiger charge is -2.29. The van der Waals surface area contributed by atoms with E-state index in [0.29, 0.717) is 12.1 Å². The Morgan fingerprint density at radius 2 is 2.00 bits per heavy atom. The number of thiophene rings is 1. The van der Waals surface area contributed by atoms with Crippen LogP contribution >= 0.6 is 23.1 Å². The van der Waals surface area contributed by atoms with Crippen LogP contribution < -0.4 is 5.32 Å². The molecule has 1 aromatic carbocycles. The van der Waals surface area contributed by atoms with Crippen molar-refractivity contribution in [2.24, 2.45) is 0 Å². The molecule has 0 aliphatic heterocycles. The topological polar surface area (TPSA) is 58.4 Å². The molecule has 2 aromatic heterocycles. The molecule has 30 heavy (non-hydrogen) atoms. The number of thioether (sulfide) groups is 1. The highest BCUT2D eigenvalue weighted by atomic mass is 32.2. The van der Waals surface area contributed by atoms with Crippen molar-refractivity contribution in [3.63, 3.8) is 0 Å². The van der Waals surface area contributed by atoms with Crippen molar-refractivity contribution in [2.45, 2.75) is 44.4 Å². The molecule has 0 bridgehead atoms. The maximum Gasteiger partial charge on any atom is 0.252 e. The van der Waals surface area contributed by atoms with E-state index >= 15 is 0 Å². The maximum absolute atomic E-state index is 13.1. The number of likely N-dealkylation sites (N-methyl/N-ethyl adjacent to an activating group) is 1. The number of hydrogen-bond acceptors (Lipinski definition) is 6. The minimum absolute atomic E-state index is 0.0377. The van der Waals surface area contributed by atoms with Crippen molar-refractivity contribution >= 4 is 29.0 Å². The highest BCUT2D eigenvalue weighted by Gasteiger charge is 2.21. The Bertz CT molecular complexity index is 930. The van der Waals surface area contributed by atoms with Gasteiger partial charge in [0.05, 0.1) is 17.3 Å². The molecule has 0 saturated carbocycles. The lowest BCUT2D eigenvalue weighted by atomic mass is 10.1. The van der Waals surface area contributed by atoms with Crippen LogP contribution in [0.5, 0.6) is 0 Å². The zero-order chi connectivity index (χ0) is 21.5.